The van der Waals surface area contributed by atoms with E-state index in [0.29, 0.717) is 24.7 Å². The molecule has 0 aromatic rings. The van der Waals surface area contributed by atoms with Gasteiger partial charge in [-0.25, -0.2) is 4.79 Å². The van der Waals surface area contributed by atoms with Crippen molar-refractivity contribution < 1.29 is 28.7 Å². The topological polar surface area (TPSA) is 86.7 Å². The summed E-state index contributed by atoms with van der Waals surface area (Å²) in [6, 6.07) is 0. The third-order valence-corrected chi connectivity index (χ3v) is 8.90. The molecule has 0 aliphatic heterocycles. The van der Waals surface area contributed by atoms with E-state index in [-0.39, 0.29) is 41.3 Å². The average molecular weight is 457 g/mol. The van der Waals surface area contributed by atoms with Crippen molar-refractivity contribution in [3.63, 3.8) is 0 Å². The fraction of sp³-hybridized carbons (Fsp3) is 0.704. The Kier molecular flexibility index (Phi) is 6.66. The van der Waals surface area contributed by atoms with Crippen molar-refractivity contribution in [3.8, 4) is 0 Å². The van der Waals surface area contributed by atoms with Crippen LogP contribution in [0.2, 0.25) is 0 Å². The molecule has 4 aliphatic carbocycles. The molecule has 0 spiro atoms. The zero-order valence-corrected chi connectivity index (χ0v) is 20.1. The Morgan fingerprint density at radius 3 is 2.55 bits per heavy atom. The number of Topliss-reactive ketones (excluding diaryl/α,β-unsaturated/α-hetero) is 1. The van der Waals surface area contributed by atoms with E-state index in [9.17, 15) is 19.2 Å². The summed E-state index contributed by atoms with van der Waals surface area (Å²) >= 11 is 0. The number of ether oxygens (including phenoxy) is 2. The number of esters is 2. The van der Waals surface area contributed by atoms with Crippen molar-refractivity contribution in [2.75, 3.05) is 13.2 Å². The van der Waals surface area contributed by atoms with Gasteiger partial charge in [-0.2, -0.15) is 0 Å². The fourth-order valence-electron chi connectivity index (χ4n) is 7.09. The lowest BCUT2D eigenvalue weighted by molar-refractivity contribution is -0.160. The monoisotopic (exact) mass is 456 g/mol. The number of carbonyl (C=O) groups excluding carboxylic acids is 4. The molecule has 4 aliphatic rings. The van der Waals surface area contributed by atoms with Gasteiger partial charge in [-0.05, 0) is 68.3 Å². The highest BCUT2D eigenvalue weighted by atomic mass is 16.6. The largest absolute Gasteiger partial charge is 0.455 e. The van der Waals surface area contributed by atoms with Crippen molar-refractivity contribution in [3.05, 3.63) is 23.3 Å². The summed E-state index contributed by atoms with van der Waals surface area (Å²) in [4.78, 5) is 48.4. The van der Waals surface area contributed by atoms with Crippen LogP contribution < -0.4 is 0 Å². The number of rotatable bonds is 7. The summed E-state index contributed by atoms with van der Waals surface area (Å²) < 4.78 is 10.0. The van der Waals surface area contributed by atoms with Gasteiger partial charge < -0.3 is 9.47 Å². The third kappa shape index (κ3) is 4.33. The second-order valence-corrected chi connectivity index (χ2v) is 10.8. The Labute approximate surface area is 196 Å². The standard InChI is InChI=1S/C27H36O6/c1-4-5-24(30)33-16-25(31)32-15-23(29)22-9-8-20-19-7-6-17-14-18(28)10-12-26(17,2)21(19)11-13-27(20,22)3/h11,14,19-20,22H,4-10,12-13,15-16H2,1-3H3/t19-,20-,22+,26-,27-/m0/s1. The molecule has 2 saturated carbocycles. The first kappa shape index (κ1) is 23.9. The van der Waals surface area contributed by atoms with Crippen LogP contribution in [0.15, 0.2) is 23.3 Å². The molecule has 6 heteroatoms. The molecule has 0 heterocycles. The number of allylic oxidation sites excluding steroid dienone is 4. The molecular formula is C27H36O6. The Hall–Kier alpha value is -2.24. The summed E-state index contributed by atoms with van der Waals surface area (Å²) in [6.07, 6.45) is 11.4. The van der Waals surface area contributed by atoms with Gasteiger partial charge in [-0.1, -0.05) is 38.0 Å². The number of carbonyl (C=O) groups is 4. The van der Waals surface area contributed by atoms with E-state index in [4.69, 9.17) is 9.47 Å². The molecule has 6 nitrogen and oxygen atoms in total. The molecule has 180 valence electrons. The van der Waals surface area contributed by atoms with E-state index in [0.717, 1.165) is 38.5 Å². The first-order valence-electron chi connectivity index (χ1n) is 12.5. The number of hydrogen-bond donors (Lipinski definition) is 0. The maximum atomic E-state index is 13.1. The Morgan fingerprint density at radius 1 is 1.03 bits per heavy atom. The Balaban J connectivity index is 1.41. The number of ketones is 2. The highest BCUT2D eigenvalue weighted by molar-refractivity contribution is 5.92. The van der Waals surface area contributed by atoms with Crippen molar-refractivity contribution in [1.82, 2.24) is 0 Å². The molecule has 2 fully saturated rings. The van der Waals surface area contributed by atoms with Gasteiger partial charge in [0, 0.05) is 24.2 Å². The second kappa shape index (κ2) is 9.19. The highest BCUT2D eigenvalue weighted by Gasteiger charge is 2.57. The van der Waals surface area contributed by atoms with Gasteiger partial charge in [0.05, 0.1) is 0 Å². The SMILES string of the molecule is CCCC(=O)OCC(=O)OCC(=O)[C@H]1CC[C@H]2[C@@H]3CCC4=CC(=O)CC[C@]4(C)C3=CC[C@]12C. The molecule has 0 amide bonds. The maximum absolute atomic E-state index is 13.1. The maximum Gasteiger partial charge on any atom is 0.344 e. The summed E-state index contributed by atoms with van der Waals surface area (Å²) in [6.45, 7) is 5.69. The normalized spacial score (nSPS) is 34.9. The van der Waals surface area contributed by atoms with Gasteiger partial charge in [0.15, 0.2) is 18.2 Å². The second-order valence-electron chi connectivity index (χ2n) is 10.8. The first-order chi connectivity index (χ1) is 15.7. The van der Waals surface area contributed by atoms with Crippen LogP contribution in [0.1, 0.15) is 78.6 Å². The van der Waals surface area contributed by atoms with Crippen molar-refractivity contribution in [1.29, 1.82) is 0 Å². The zero-order chi connectivity index (χ0) is 23.8. The lowest BCUT2D eigenvalue weighted by Crippen LogP contribution is -2.46. The van der Waals surface area contributed by atoms with Crippen LogP contribution in [0, 0.1) is 28.6 Å². The van der Waals surface area contributed by atoms with Crippen LogP contribution in [0.4, 0.5) is 0 Å². The lowest BCUT2D eigenvalue weighted by Gasteiger charge is -2.53. The van der Waals surface area contributed by atoms with Gasteiger partial charge in [0.1, 0.15) is 6.61 Å². The van der Waals surface area contributed by atoms with Gasteiger partial charge in [0.25, 0.3) is 0 Å². The summed E-state index contributed by atoms with van der Waals surface area (Å²) in [7, 11) is 0. The predicted molar refractivity (Wildman–Crippen MR) is 122 cm³/mol. The molecule has 0 radical (unpaired) electrons. The molecule has 0 unspecified atom stereocenters. The van der Waals surface area contributed by atoms with Crippen LogP contribution in [0.5, 0.6) is 0 Å². The molecule has 0 saturated heterocycles. The minimum atomic E-state index is -0.676. The number of fused-ring (bicyclic) bond motifs is 5. The van der Waals surface area contributed by atoms with Gasteiger partial charge >= 0.3 is 11.9 Å². The molecule has 33 heavy (non-hydrogen) atoms. The Bertz CT molecular complexity index is 914. The van der Waals surface area contributed by atoms with E-state index in [1.54, 1.807) is 0 Å². The minimum absolute atomic E-state index is 0.00894. The predicted octanol–water partition coefficient (Wildman–Crippen LogP) is 4.51. The highest BCUT2D eigenvalue weighted by Crippen LogP contribution is 2.64. The van der Waals surface area contributed by atoms with E-state index in [1.165, 1.54) is 11.1 Å². The summed E-state index contributed by atoms with van der Waals surface area (Å²) in [5, 5.41) is 0. The van der Waals surface area contributed by atoms with Crippen molar-refractivity contribution >= 4 is 23.5 Å². The van der Waals surface area contributed by atoms with Crippen molar-refractivity contribution in [2.24, 2.45) is 28.6 Å². The van der Waals surface area contributed by atoms with E-state index >= 15 is 0 Å². The first-order valence-corrected chi connectivity index (χ1v) is 12.5. The molecule has 0 N–H and O–H groups in total. The molecule has 4 rings (SSSR count). The van der Waals surface area contributed by atoms with Crippen LogP contribution in [-0.4, -0.2) is 36.7 Å². The minimum Gasteiger partial charge on any atom is -0.455 e. The fourth-order valence-corrected chi connectivity index (χ4v) is 7.09. The number of hydrogen-bond acceptors (Lipinski definition) is 6. The molecular weight excluding hydrogens is 420 g/mol. The van der Waals surface area contributed by atoms with Gasteiger partial charge in [0.2, 0.25) is 0 Å². The summed E-state index contributed by atoms with van der Waals surface area (Å²) in [5.74, 6) is -0.124. The van der Waals surface area contributed by atoms with E-state index < -0.39 is 18.5 Å². The average Bonchev–Trinajstić information content (AvgIpc) is 3.14. The summed E-state index contributed by atoms with van der Waals surface area (Å²) in [5.41, 5.74) is 2.64. The third-order valence-electron chi connectivity index (χ3n) is 8.90. The van der Waals surface area contributed by atoms with Crippen LogP contribution in [-0.2, 0) is 28.7 Å². The smallest absolute Gasteiger partial charge is 0.344 e. The molecule has 0 aromatic carbocycles. The quantitative estimate of drug-likeness (QED) is 0.414. The molecule has 0 bridgehead atoms. The van der Waals surface area contributed by atoms with Crippen LogP contribution in [0.25, 0.3) is 0 Å². The van der Waals surface area contributed by atoms with Gasteiger partial charge in [-0.3, -0.25) is 14.4 Å². The lowest BCUT2D eigenvalue weighted by atomic mass is 9.51. The van der Waals surface area contributed by atoms with Crippen LogP contribution >= 0.6 is 0 Å². The van der Waals surface area contributed by atoms with Crippen molar-refractivity contribution in [2.45, 2.75) is 78.6 Å². The van der Waals surface area contributed by atoms with E-state index in [1.807, 2.05) is 13.0 Å². The van der Waals surface area contributed by atoms with Crippen LogP contribution in [0.3, 0.4) is 0 Å². The Morgan fingerprint density at radius 2 is 1.79 bits per heavy atom. The molecule has 0 aromatic heterocycles. The van der Waals surface area contributed by atoms with E-state index in [2.05, 4.69) is 19.9 Å². The molecule has 5 atom stereocenters. The zero-order valence-electron chi connectivity index (χ0n) is 20.1. The van der Waals surface area contributed by atoms with Gasteiger partial charge in [-0.15, -0.1) is 0 Å².